The van der Waals surface area contributed by atoms with Gasteiger partial charge in [-0.3, -0.25) is 14.6 Å². The van der Waals surface area contributed by atoms with E-state index in [-0.39, 0.29) is 5.75 Å². The Morgan fingerprint density at radius 3 is 2.16 bits per heavy atom. The van der Waals surface area contributed by atoms with Crippen LogP contribution in [0.15, 0.2) is 24.5 Å². The van der Waals surface area contributed by atoms with Gasteiger partial charge in [0.15, 0.2) is 0 Å². The summed E-state index contributed by atoms with van der Waals surface area (Å²) >= 11 is 3.65. The van der Waals surface area contributed by atoms with Crippen LogP contribution in [0.1, 0.15) is 5.56 Å². The lowest BCUT2D eigenvalue weighted by molar-refractivity contribution is -0.139. The van der Waals surface area contributed by atoms with Crippen LogP contribution in [0.2, 0.25) is 0 Å². The average molecular weight is 287 g/mol. The van der Waals surface area contributed by atoms with E-state index in [0.29, 0.717) is 6.42 Å². The van der Waals surface area contributed by atoms with Crippen LogP contribution in [-0.2, 0) is 16.0 Å². The smallest absolute Gasteiger partial charge is 0.321 e. The van der Waals surface area contributed by atoms with Crippen molar-refractivity contribution in [1.82, 2.24) is 4.98 Å². The van der Waals surface area contributed by atoms with Gasteiger partial charge in [0.05, 0.1) is 0 Å². The lowest BCUT2D eigenvalue weighted by atomic mass is 10.1. The Kier molecular flexibility index (Phi) is 8.51. The fourth-order valence-corrected chi connectivity index (χ4v) is 1.09. The van der Waals surface area contributed by atoms with Crippen molar-refractivity contribution in [1.29, 1.82) is 0 Å². The van der Waals surface area contributed by atoms with Gasteiger partial charge < -0.3 is 21.7 Å². The van der Waals surface area contributed by atoms with Crippen LogP contribution in [0, 0.1) is 0 Å². The molecule has 0 saturated heterocycles. The van der Waals surface area contributed by atoms with Gasteiger partial charge in [-0.05, 0) is 18.1 Å². The van der Waals surface area contributed by atoms with Gasteiger partial charge in [0.1, 0.15) is 12.1 Å². The molecule has 0 spiro atoms. The summed E-state index contributed by atoms with van der Waals surface area (Å²) in [4.78, 5) is 24.0. The minimum Gasteiger partial charge on any atom is -0.480 e. The van der Waals surface area contributed by atoms with E-state index < -0.39 is 24.0 Å². The van der Waals surface area contributed by atoms with Gasteiger partial charge in [0.2, 0.25) is 0 Å². The minimum absolute atomic E-state index is 0.190. The third-order valence-electron chi connectivity index (χ3n) is 2.01. The predicted octanol–water partition coefficient (Wildman–Crippen LogP) is -0.636. The highest BCUT2D eigenvalue weighted by atomic mass is 32.1. The molecule has 0 amide bonds. The molecule has 106 valence electrons. The summed E-state index contributed by atoms with van der Waals surface area (Å²) < 4.78 is 0. The Hall–Kier alpha value is -1.64. The molecule has 0 unspecified atom stereocenters. The van der Waals surface area contributed by atoms with E-state index in [1.807, 2.05) is 0 Å². The molecule has 0 aliphatic carbocycles. The molecule has 6 N–H and O–H groups in total. The number of rotatable bonds is 5. The van der Waals surface area contributed by atoms with Crippen molar-refractivity contribution in [3.8, 4) is 0 Å². The Bertz CT molecular complexity index is 402. The quantitative estimate of drug-likeness (QED) is 0.454. The van der Waals surface area contributed by atoms with Crippen LogP contribution >= 0.6 is 12.6 Å². The van der Waals surface area contributed by atoms with Crippen LogP contribution in [-0.4, -0.2) is 45.0 Å². The second-order valence-electron chi connectivity index (χ2n) is 3.64. The number of aliphatic carboxylic acids is 2. The van der Waals surface area contributed by atoms with Gasteiger partial charge in [0, 0.05) is 18.1 Å². The first kappa shape index (κ1) is 17.4. The average Bonchev–Trinajstić information content (AvgIpc) is 2.39. The molecule has 0 saturated carbocycles. The van der Waals surface area contributed by atoms with Crippen molar-refractivity contribution < 1.29 is 19.8 Å². The molecule has 0 radical (unpaired) electrons. The van der Waals surface area contributed by atoms with E-state index in [0.717, 1.165) is 5.56 Å². The highest BCUT2D eigenvalue weighted by Crippen LogP contribution is 1.99. The molecule has 1 aromatic heterocycles. The van der Waals surface area contributed by atoms with E-state index in [2.05, 4.69) is 17.6 Å². The number of carboxylic acids is 2. The standard InChI is InChI=1S/C8H10N2O2.C3H7NO2S/c9-7(8(11)12)4-6-2-1-3-10-5-6;4-2(1-7)3(5)6/h1-3,5,7H,4,9H2,(H,11,12);2,7H,1,4H2,(H,5,6)/t7-;2-/m00/s1. The number of aromatic nitrogens is 1. The number of pyridine rings is 1. The van der Waals surface area contributed by atoms with E-state index >= 15 is 0 Å². The summed E-state index contributed by atoms with van der Waals surface area (Å²) in [6, 6.07) is 1.90. The van der Waals surface area contributed by atoms with Gasteiger partial charge in [-0.25, -0.2) is 0 Å². The SMILES string of the molecule is N[C@@H](CS)C(=O)O.N[C@@H](Cc1cccnc1)C(=O)O. The largest absolute Gasteiger partial charge is 0.480 e. The molecule has 0 aliphatic rings. The Labute approximate surface area is 116 Å². The lowest BCUT2D eigenvalue weighted by Crippen LogP contribution is -2.32. The third kappa shape index (κ3) is 8.14. The summed E-state index contributed by atoms with van der Waals surface area (Å²) in [5, 5.41) is 16.5. The van der Waals surface area contributed by atoms with Gasteiger partial charge in [0.25, 0.3) is 0 Å². The Balaban J connectivity index is 0.000000399. The molecule has 1 heterocycles. The maximum absolute atomic E-state index is 10.4. The zero-order valence-electron chi connectivity index (χ0n) is 10.1. The summed E-state index contributed by atoms with van der Waals surface area (Å²) in [5.74, 6) is -1.80. The molecule has 0 aromatic carbocycles. The normalized spacial score (nSPS) is 12.8. The van der Waals surface area contributed by atoms with Crippen molar-refractivity contribution in [2.75, 3.05) is 5.75 Å². The fourth-order valence-electron chi connectivity index (χ4n) is 0.938. The zero-order valence-corrected chi connectivity index (χ0v) is 11.0. The van der Waals surface area contributed by atoms with E-state index in [1.165, 1.54) is 0 Å². The van der Waals surface area contributed by atoms with Gasteiger partial charge in [-0.1, -0.05) is 6.07 Å². The van der Waals surface area contributed by atoms with Gasteiger partial charge >= 0.3 is 11.9 Å². The topological polar surface area (TPSA) is 140 Å². The highest BCUT2D eigenvalue weighted by molar-refractivity contribution is 7.80. The first-order chi connectivity index (χ1) is 8.88. The number of nitrogens with zero attached hydrogens (tertiary/aromatic N) is 1. The number of carboxylic acid groups (broad SMARTS) is 2. The fraction of sp³-hybridized carbons (Fsp3) is 0.364. The van der Waals surface area contributed by atoms with Crippen LogP contribution in [0.4, 0.5) is 0 Å². The van der Waals surface area contributed by atoms with E-state index in [1.54, 1.807) is 24.5 Å². The number of hydrogen-bond donors (Lipinski definition) is 5. The van der Waals surface area contributed by atoms with Crippen LogP contribution in [0.25, 0.3) is 0 Å². The first-order valence-electron chi connectivity index (χ1n) is 5.35. The van der Waals surface area contributed by atoms with Gasteiger partial charge in [-0.15, -0.1) is 0 Å². The van der Waals surface area contributed by atoms with Crippen molar-refractivity contribution in [3.05, 3.63) is 30.1 Å². The second kappa shape index (κ2) is 9.31. The number of carbonyl (C=O) groups is 2. The number of nitrogens with two attached hydrogens (primary N) is 2. The zero-order chi connectivity index (χ0) is 14.8. The molecule has 0 aliphatic heterocycles. The maximum Gasteiger partial charge on any atom is 0.321 e. The minimum atomic E-state index is -1.00. The molecule has 0 fully saturated rings. The predicted molar refractivity (Wildman–Crippen MR) is 73.0 cm³/mol. The van der Waals surface area contributed by atoms with Crippen molar-refractivity contribution in [2.45, 2.75) is 18.5 Å². The molecule has 8 heteroatoms. The van der Waals surface area contributed by atoms with Crippen molar-refractivity contribution in [3.63, 3.8) is 0 Å². The third-order valence-corrected chi connectivity index (χ3v) is 2.40. The molecule has 1 rings (SSSR count). The highest BCUT2D eigenvalue weighted by Gasteiger charge is 2.11. The summed E-state index contributed by atoms with van der Waals surface area (Å²) in [7, 11) is 0. The van der Waals surface area contributed by atoms with E-state index in [4.69, 9.17) is 21.7 Å². The molecule has 2 atom stereocenters. The summed E-state index contributed by atoms with van der Waals surface area (Å²) in [6.07, 6.45) is 3.57. The monoisotopic (exact) mass is 287 g/mol. The Morgan fingerprint density at radius 1 is 1.26 bits per heavy atom. The van der Waals surface area contributed by atoms with Gasteiger partial charge in [-0.2, -0.15) is 12.6 Å². The van der Waals surface area contributed by atoms with Crippen LogP contribution < -0.4 is 11.5 Å². The summed E-state index contributed by atoms with van der Waals surface area (Å²) in [6.45, 7) is 0. The molecule has 1 aromatic rings. The second-order valence-corrected chi connectivity index (χ2v) is 4.00. The first-order valence-corrected chi connectivity index (χ1v) is 5.98. The Morgan fingerprint density at radius 2 is 1.84 bits per heavy atom. The van der Waals surface area contributed by atoms with Crippen LogP contribution in [0.3, 0.4) is 0 Å². The number of thiol groups is 1. The molecular formula is C11H17N3O4S. The maximum atomic E-state index is 10.4. The van der Waals surface area contributed by atoms with Crippen molar-refractivity contribution in [2.24, 2.45) is 11.5 Å². The van der Waals surface area contributed by atoms with Crippen LogP contribution in [0.5, 0.6) is 0 Å². The van der Waals surface area contributed by atoms with Crippen molar-refractivity contribution >= 4 is 24.6 Å². The molecule has 19 heavy (non-hydrogen) atoms. The molecule has 7 nitrogen and oxygen atoms in total. The van der Waals surface area contributed by atoms with E-state index in [9.17, 15) is 9.59 Å². The lowest BCUT2D eigenvalue weighted by Gasteiger charge is -2.04. The molecular weight excluding hydrogens is 270 g/mol. The molecule has 0 bridgehead atoms. The summed E-state index contributed by atoms with van der Waals surface area (Å²) in [5.41, 5.74) is 11.1. The number of hydrogen-bond acceptors (Lipinski definition) is 6.